The van der Waals surface area contributed by atoms with Crippen molar-refractivity contribution in [3.05, 3.63) is 28.4 Å². The number of nitrogens with zero attached hydrogens (tertiary/aromatic N) is 1. The van der Waals surface area contributed by atoms with Gasteiger partial charge >= 0.3 is 0 Å². The third-order valence-electron chi connectivity index (χ3n) is 5.58. The Labute approximate surface area is 186 Å². The number of Topliss-reactive ketones (excluding diaryl/α,β-unsaturated/α-hetero) is 1. The number of hydrogen-bond donors (Lipinski definition) is 1. The van der Waals surface area contributed by atoms with Crippen molar-refractivity contribution in [1.82, 2.24) is 9.62 Å². The number of ether oxygens (including phenoxy) is 3. The van der Waals surface area contributed by atoms with Gasteiger partial charge in [0.2, 0.25) is 27.2 Å². The molecule has 0 aromatic heterocycles. The quantitative estimate of drug-likeness (QED) is 0.596. The van der Waals surface area contributed by atoms with Gasteiger partial charge in [0.25, 0.3) is 0 Å². The highest BCUT2D eigenvalue weighted by molar-refractivity contribution is 7.89. The zero-order valence-corrected chi connectivity index (χ0v) is 19.5. The lowest BCUT2D eigenvalue weighted by Gasteiger charge is -2.35. The van der Waals surface area contributed by atoms with Crippen LogP contribution >= 0.6 is 11.6 Å². The Kier molecular flexibility index (Phi) is 6.28. The first-order valence-corrected chi connectivity index (χ1v) is 11.6. The van der Waals surface area contributed by atoms with Crippen LogP contribution in [0.15, 0.2) is 17.8 Å². The lowest BCUT2D eigenvalue weighted by molar-refractivity contribution is -0.129. The number of hydrogen-bond acceptors (Lipinski definition) is 8. The van der Waals surface area contributed by atoms with Crippen LogP contribution in [0, 0.1) is 5.92 Å². The van der Waals surface area contributed by atoms with Gasteiger partial charge in [-0.05, 0) is 6.42 Å². The van der Waals surface area contributed by atoms with Gasteiger partial charge in [-0.1, -0.05) is 18.5 Å². The molecular weight excluding hydrogens is 448 g/mol. The van der Waals surface area contributed by atoms with E-state index in [2.05, 4.69) is 5.32 Å². The summed E-state index contributed by atoms with van der Waals surface area (Å²) in [6.07, 6.45) is 1.61. The molecule has 0 saturated heterocycles. The molecular formula is C20H25ClN2O7S. The molecule has 0 saturated carbocycles. The highest BCUT2D eigenvalue weighted by Crippen LogP contribution is 2.52. The fraction of sp³-hybridized carbons (Fsp3) is 0.500. The summed E-state index contributed by atoms with van der Waals surface area (Å²) in [5.41, 5.74) is -1.11. The minimum atomic E-state index is -3.37. The van der Waals surface area contributed by atoms with Crippen LogP contribution in [0.25, 0.3) is 0 Å². The Morgan fingerprint density at radius 1 is 1.26 bits per heavy atom. The van der Waals surface area contributed by atoms with Crippen molar-refractivity contribution in [2.24, 2.45) is 5.92 Å². The van der Waals surface area contributed by atoms with Crippen LogP contribution < -0.4 is 19.5 Å². The molecule has 170 valence electrons. The minimum absolute atomic E-state index is 0.0601. The van der Waals surface area contributed by atoms with Gasteiger partial charge in [0.15, 0.2) is 5.75 Å². The second-order valence-corrected chi connectivity index (χ2v) is 10.3. The highest BCUT2D eigenvalue weighted by atomic mass is 35.5. The van der Waals surface area contributed by atoms with Crippen molar-refractivity contribution in [3.63, 3.8) is 0 Å². The maximum atomic E-state index is 13.4. The smallest absolute Gasteiger partial charge is 0.236 e. The molecule has 1 spiro atoms. The Morgan fingerprint density at radius 3 is 2.45 bits per heavy atom. The number of nitrogens with one attached hydrogen (secondary N) is 1. The van der Waals surface area contributed by atoms with E-state index in [0.717, 1.165) is 4.31 Å². The topological polar surface area (TPSA) is 111 Å². The number of carbonyl (C=O) groups is 2. The number of rotatable bonds is 7. The Balaban J connectivity index is 1.89. The van der Waals surface area contributed by atoms with Crippen molar-refractivity contribution >= 4 is 33.2 Å². The summed E-state index contributed by atoms with van der Waals surface area (Å²) in [7, 11) is 2.36. The average molecular weight is 473 g/mol. The van der Waals surface area contributed by atoms with Crippen molar-refractivity contribution in [2.75, 3.05) is 40.6 Å². The van der Waals surface area contributed by atoms with Gasteiger partial charge in [-0.15, -0.1) is 0 Å². The van der Waals surface area contributed by atoms with Crippen molar-refractivity contribution in [1.29, 1.82) is 0 Å². The average Bonchev–Trinajstić information content (AvgIpc) is 3.02. The molecule has 3 rings (SSSR count). The molecule has 1 aliphatic carbocycles. The largest absolute Gasteiger partial charge is 0.496 e. The van der Waals surface area contributed by atoms with E-state index in [1.807, 2.05) is 0 Å². The molecule has 1 aromatic rings. The fourth-order valence-corrected chi connectivity index (χ4v) is 4.77. The third-order valence-corrected chi connectivity index (χ3v) is 7.77. The number of methoxy groups -OCH3 is 2. The van der Waals surface area contributed by atoms with E-state index in [0.29, 0.717) is 12.1 Å². The molecule has 2 aliphatic rings. The van der Waals surface area contributed by atoms with Crippen LogP contribution in [0.4, 0.5) is 0 Å². The van der Waals surface area contributed by atoms with E-state index in [1.54, 1.807) is 6.92 Å². The summed E-state index contributed by atoms with van der Waals surface area (Å²) in [6.45, 7) is 1.86. The third kappa shape index (κ3) is 3.77. The number of fused-ring (bicyclic) bond motifs is 1. The minimum Gasteiger partial charge on any atom is -0.496 e. The second kappa shape index (κ2) is 8.33. The van der Waals surface area contributed by atoms with Crippen LogP contribution in [-0.2, 0) is 14.8 Å². The van der Waals surface area contributed by atoms with Crippen molar-refractivity contribution < 1.29 is 32.2 Å². The number of ketones is 2. The number of allylic oxidation sites excluding steroid dienone is 1. The molecule has 0 unspecified atom stereocenters. The molecule has 1 N–H and O–H groups in total. The Morgan fingerprint density at radius 2 is 1.90 bits per heavy atom. The summed E-state index contributed by atoms with van der Waals surface area (Å²) in [5, 5.41) is 3.07. The first-order chi connectivity index (χ1) is 14.5. The zero-order chi connectivity index (χ0) is 23.1. The molecule has 0 radical (unpaired) electrons. The first kappa shape index (κ1) is 23.4. The molecule has 2 atom stereocenters. The van der Waals surface area contributed by atoms with Gasteiger partial charge in [0.05, 0.1) is 20.0 Å². The lowest BCUT2D eigenvalue weighted by atomic mass is 9.74. The molecule has 1 aromatic carbocycles. The summed E-state index contributed by atoms with van der Waals surface area (Å²) < 4.78 is 41.5. The molecule has 0 fully saturated rings. The number of sulfonamides is 1. The second-order valence-electron chi connectivity index (χ2n) is 7.63. The first-order valence-electron chi connectivity index (χ1n) is 9.57. The maximum absolute atomic E-state index is 13.4. The van der Waals surface area contributed by atoms with E-state index >= 15 is 0 Å². The van der Waals surface area contributed by atoms with Crippen LogP contribution in [0.3, 0.4) is 0 Å². The van der Waals surface area contributed by atoms with Crippen molar-refractivity contribution in [2.45, 2.75) is 18.9 Å². The molecule has 11 heteroatoms. The highest BCUT2D eigenvalue weighted by Gasteiger charge is 2.60. The maximum Gasteiger partial charge on any atom is 0.236 e. The summed E-state index contributed by atoms with van der Waals surface area (Å²) in [5.74, 6) is -1.19. The monoisotopic (exact) mass is 472 g/mol. The van der Waals surface area contributed by atoms with Gasteiger partial charge in [0.1, 0.15) is 22.1 Å². The Hall–Kier alpha value is -2.30. The molecule has 31 heavy (non-hydrogen) atoms. The van der Waals surface area contributed by atoms with Crippen molar-refractivity contribution in [3.8, 4) is 17.2 Å². The summed E-state index contributed by atoms with van der Waals surface area (Å²) >= 11 is 6.35. The molecule has 9 nitrogen and oxygen atoms in total. The number of carbonyl (C=O) groups excluding carboxylic acids is 2. The predicted octanol–water partition coefficient (Wildman–Crippen LogP) is 1.64. The normalized spacial score (nSPS) is 22.9. The summed E-state index contributed by atoms with van der Waals surface area (Å²) in [4.78, 5) is 26.5. The Bertz CT molecular complexity index is 1070. The SMILES string of the molecule is COc1cc(OC)c2c(c1Cl)O[C@@]1(C(=O)C=C(NCCS(=O)(=O)N(C)C)C[C@H]1C)C2=O. The summed E-state index contributed by atoms with van der Waals surface area (Å²) in [6, 6.07) is 1.48. The molecule has 0 amide bonds. The van der Waals surface area contributed by atoms with Gasteiger partial charge in [-0.3, -0.25) is 9.59 Å². The van der Waals surface area contributed by atoms with Gasteiger partial charge in [0, 0.05) is 44.4 Å². The van der Waals surface area contributed by atoms with Crippen LogP contribution in [-0.4, -0.2) is 70.5 Å². The lowest BCUT2D eigenvalue weighted by Crippen LogP contribution is -2.55. The molecule has 1 aliphatic heterocycles. The molecule has 1 heterocycles. The van der Waals surface area contributed by atoms with Gasteiger partial charge in [-0.25, -0.2) is 12.7 Å². The number of halogens is 1. The standard InChI is InChI=1S/C20H25ClN2O7S/c1-11-8-12(22-6-7-31(26,27)23(2)3)9-15(24)20(11)19(25)16-13(28-4)10-14(29-5)17(21)18(16)30-20/h9-11,22H,6-8H2,1-5H3/t11-,20+/m1/s1. The van der Waals surface area contributed by atoms with E-state index in [-0.39, 0.29) is 40.1 Å². The van der Waals surface area contributed by atoms with E-state index in [4.69, 9.17) is 25.8 Å². The van der Waals surface area contributed by atoms with E-state index in [1.165, 1.54) is 40.5 Å². The number of benzene rings is 1. The van der Waals surface area contributed by atoms with Gasteiger partial charge < -0.3 is 19.5 Å². The van der Waals surface area contributed by atoms with Crippen LogP contribution in [0.1, 0.15) is 23.7 Å². The fourth-order valence-electron chi connectivity index (χ4n) is 3.78. The van der Waals surface area contributed by atoms with E-state index in [9.17, 15) is 18.0 Å². The van der Waals surface area contributed by atoms with Crippen LogP contribution in [0.5, 0.6) is 17.2 Å². The van der Waals surface area contributed by atoms with E-state index < -0.39 is 33.1 Å². The predicted molar refractivity (Wildman–Crippen MR) is 115 cm³/mol. The zero-order valence-electron chi connectivity index (χ0n) is 17.9. The van der Waals surface area contributed by atoms with Crippen LogP contribution in [0.2, 0.25) is 5.02 Å². The molecule has 0 bridgehead atoms. The van der Waals surface area contributed by atoms with Gasteiger partial charge in [-0.2, -0.15) is 0 Å².